The Kier molecular flexibility index (Phi) is 4.10. The van der Waals surface area contributed by atoms with E-state index in [1.807, 2.05) is 0 Å². The zero-order valence-corrected chi connectivity index (χ0v) is 11.3. The first-order valence-electron chi connectivity index (χ1n) is 5.92. The molecule has 0 spiro atoms. The van der Waals surface area contributed by atoms with Crippen molar-refractivity contribution in [2.24, 2.45) is 11.7 Å². The summed E-state index contributed by atoms with van der Waals surface area (Å²) < 4.78 is 30.6. The fraction of sp³-hybridized carbons (Fsp3) is 0.462. The highest BCUT2D eigenvalue weighted by Crippen LogP contribution is 2.41. The number of hydrogen-bond donors (Lipinski definition) is 1. The summed E-state index contributed by atoms with van der Waals surface area (Å²) in [6.45, 7) is 0. The second-order valence-electron chi connectivity index (χ2n) is 4.67. The number of rotatable bonds is 5. The van der Waals surface area contributed by atoms with Gasteiger partial charge in [0.15, 0.2) is 11.6 Å². The van der Waals surface area contributed by atoms with Crippen LogP contribution in [0, 0.1) is 17.6 Å². The Balaban J connectivity index is 2.06. The van der Waals surface area contributed by atoms with Crippen LogP contribution in [-0.2, 0) is 9.53 Å². The molecule has 0 amide bonds. The van der Waals surface area contributed by atoms with Crippen molar-refractivity contribution in [3.05, 3.63) is 29.8 Å². The number of halogens is 2. The quantitative estimate of drug-likeness (QED) is 0.667. The van der Waals surface area contributed by atoms with E-state index in [9.17, 15) is 13.6 Å². The highest BCUT2D eigenvalue weighted by Gasteiger charge is 2.48. The van der Waals surface area contributed by atoms with Crippen molar-refractivity contribution in [1.82, 2.24) is 0 Å². The molecule has 3 nitrogen and oxygen atoms in total. The van der Waals surface area contributed by atoms with Crippen LogP contribution in [0.25, 0.3) is 0 Å². The molecule has 0 aromatic heterocycles. The maximum atomic E-state index is 13.1. The Morgan fingerprint density at radius 2 is 2.16 bits per heavy atom. The molecule has 1 aromatic rings. The van der Waals surface area contributed by atoms with Crippen LogP contribution in [0.5, 0.6) is 0 Å². The molecule has 2 rings (SSSR count). The largest absolute Gasteiger partial charge is 0.468 e. The molecule has 19 heavy (non-hydrogen) atoms. The predicted molar refractivity (Wildman–Crippen MR) is 68.7 cm³/mol. The molecule has 1 aliphatic carbocycles. The number of esters is 1. The Labute approximate surface area is 114 Å². The number of nitrogens with two attached hydrogens (primary N) is 1. The summed E-state index contributed by atoms with van der Waals surface area (Å²) in [5.74, 6) is -1.85. The summed E-state index contributed by atoms with van der Waals surface area (Å²) in [5, 5.41) is 0. The van der Waals surface area contributed by atoms with Gasteiger partial charge in [-0.1, -0.05) is 0 Å². The van der Waals surface area contributed by atoms with Gasteiger partial charge in [-0.05, 0) is 37.0 Å². The van der Waals surface area contributed by atoms with Crippen molar-refractivity contribution in [2.45, 2.75) is 23.3 Å². The van der Waals surface area contributed by atoms with E-state index in [1.165, 1.54) is 24.9 Å². The third-order valence-electron chi connectivity index (χ3n) is 3.24. The van der Waals surface area contributed by atoms with Gasteiger partial charge in [-0.25, -0.2) is 8.78 Å². The molecule has 0 bridgehead atoms. The fourth-order valence-electron chi connectivity index (χ4n) is 1.90. The van der Waals surface area contributed by atoms with E-state index in [4.69, 9.17) is 10.5 Å². The van der Waals surface area contributed by atoms with Gasteiger partial charge in [0, 0.05) is 10.6 Å². The van der Waals surface area contributed by atoms with Crippen LogP contribution in [0.4, 0.5) is 8.78 Å². The van der Waals surface area contributed by atoms with Crippen molar-refractivity contribution in [1.29, 1.82) is 0 Å². The lowest BCUT2D eigenvalue weighted by Gasteiger charge is -2.25. The molecular weight excluding hydrogens is 272 g/mol. The number of thioether (sulfide) groups is 1. The van der Waals surface area contributed by atoms with Crippen molar-refractivity contribution >= 4 is 17.7 Å². The molecule has 1 aliphatic rings. The molecule has 1 atom stereocenters. The summed E-state index contributed by atoms with van der Waals surface area (Å²) in [6.07, 6.45) is 1.79. The fourth-order valence-corrected chi connectivity index (χ4v) is 3.01. The Morgan fingerprint density at radius 1 is 1.47 bits per heavy atom. The number of carbonyl (C=O) groups is 1. The molecule has 2 N–H and O–H groups in total. The lowest BCUT2D eigenvalue weighted by atomic mass is 9.97. The van der Waals surface area contributed by atoms with Crippen molar-refractivity contribution in [3.63, 3.8) is 0 Å². The van der Waals surface area contributed by atoms with Gasteiger partial charge in [-0.2, -0.15) is 0 Å². The average Bonchev–Trinajstić information content (AvgIpc) is 3.23. The standard InChI is InChI=1S/C13H15F2NO2S/c1-18-12(17)13(16,8-2-3-8)7-19-9-4-5-10(14)11(15)6-9/h4-6,8H,2-3,7,16H2,1H3. The number of hydrogen-bond acceptors (Lipinski definition) is 4. The van der Waals surface area contributed by atoms with Gasteiger partial charge in [-0.3, -0.25) is 4.79 Å². The second-order valence-corrected chi connectivity index (χ2v) is 5.72. The normalized spacial score (nSPS) is 17.9. The maximum absolute atomic E-state index is 13.1. The minimum atomic E-state index is -1.05. The van der Waals surface area contributed by atoms with E-state index in [-0.39, 0.29) is 11.7 Å². The molecule has 0 heterocycles. The van der Waals surface area contributed by atoms with E-state index in [2.05, 4.69) is 0 Å². The van der Waals surface area contributed by atoms with E-state index in [0.29, 0.717) is 4.90 Å². The average molecular weight is 287 g/mol. The van der Waals surface area contributed by atoms with Crippen molar-refractivity contribution in [3.8, 4) is 0 Å². The summed E-state index contributed by atoms with van der Waals surface area (Å²) in [4.78, 5) is 12.3. The van der Waals surface area contributed by atoms with E-state index < -0.39 is 23.1 Å². The van der Waals surface area contributed by atoms with Gasteiger partial charge >= 0.3 is 5.97 Å². The van der Waals surface area contributed by atoms with E-state index in [0.717, 1.165) is 25.0 Å². The highest BCUT2D eigenvalue weighted by atomic mass is 32.2. The van der Waals surface area contributed by atoms with Crippen LogP contribution < -0.4 is 5.73 Å². The first kappa shape index (κ1) is 14.3. The van der Waals surface area contributed by atoms with Crippen molar-refractivity contribution < 1.29 is 18.3 Å². The number of carbonyl (C=O) groups excluding carboxylic acids is 1. The smallest absolute Gasteiger partial charge is 0.327 e. The SMILES string of the molecule is COC(=O)C(N)(CSc1ccc(F)c(F)c1)C1CC1. The molecular formula is C13H15F2NO2S. The molecule has 1 aromatic carbocycles. The zero-order valence-electron chi connectivity index (χ0n) is 10.5. The minimum absolute atomic E-state index is 0.109. The number of methoxy groups -OCH3 is 1. The molecule has 1 saturated carbocycles. The maximum Gasteiger partial charge on any atom is 0.327 e. The zero-order chi connectivity index (χ0) is 14.0. The minimum Gasteiger partial charge on any atom is -0.468 e. The van der Waals surface area contributed by atoms with Gasteiger partial charge in [0.25, 0.3) is 0 Å². The molecule has 6 heteroatoms. The lowest BCUT2D eigenvalue weighted by Crippen LogP contribution is -2.53. The van der Waals surface area contributed by atoms with Gasteiger partial charge < -0.3 is 10.5 Å². The second kappa shape index (κ2) is 5.46. The molecule has 1 unspecified atom stereocenters. The van der Waals surface area contributed by atoms with Crippen LogP contribution in [-0.4, -0.2) is 24.4 Å². The first-order valence-corrected chi connectivity index (χ1v) is 6.91. The molecule has 104 valence electrons. The van der Waals surface area contributed by atoms with Crippen LogP contribution in [0.1, 0.15) is 12.8 Å². The lowest BCUT2D eigenvalue weighted by molar-refractivity contribution is -0.146. The molecule has 0 aliphatic heterocycles. The number of benzene rings is 1. The van der Waals surface area contributed by atoms with Crippen LogP contribution in [0.3, 0.4) is 0 Å². The van der Waals surface area contributed by atoms with E-state index >= 15 is 0 Å². The van der Waals surface area contributed by atoms with E-state index in [1.54, 1.807) is 0 Å². The highest BCUT2D eigenvalue weighted by molar-refractivity contribution is 7.99. The third kappa shape index (κ3) is 3.06. The summed E-state index contributed by atoms with van der Waals surface area (Å²) in [6, 6.07) is 3.63. The van der Waals surface area contributed by atoms with Crippen molar-refractivity contribution in [2.75, 3.05) is 12.9 Å². The summed E-state index contributed by atoms with van der Waals surface area (Å²) >= 11 is 1.23. The van der Waals surface area contributed by atoms with Crippen LogP contribution in [0.15, 0.2) is 23.1 Å². The van der Waals surface area contributed by atoms with Crippen LogP contribution in [0.2, 0.25) is 0 Å². The monoisotopic (exact) mass is 287 g/mol. The summed E-state index contributed by atoms with van der Waals surface area (Å²) in [7, 11) is 1.30. The van der Waals surface area contributed by atoms with Crippen LogP contribution >= 0.6 is 11.8 Å². The summed E-state index contributed by atoms with van der Waals surface area (Å²) in [5.41, 5.74) is 5.06. The Hall–Kier alpha value is -1.14. The van der Waals surface area contributed by atoms with Gasteiger partial charge in [0.2, 0.25) is 0 Å². The van der Waals surface area contributed by atoms with Gasteiger partial charge in [0.1, 0.15) is 5.54 Å². The molecule has 0 saturated heterocycles. The topological polar surface area (TPSA) is 52.3 Å². The van der Waals surface area contributed by atoms with Gasteiger partial charge in [-0.15, -0.1) is 11.8 Å². The Bertz CT molecular complexity index is 494. The molecule has 1 fully saturated rings. The van der Waals surface area contributed by atoms with Gasteiger partial charge in [0.05, 0.1) is 7.11 Å². The Morgan fingerprint density at radius 3 is 2.68 bits per heavy atom. The number of ether oxygens (including phenoxy) is 1. The predicted octanol–water partition coefficient (Wildman–Crippen LogP) is 2.34. The third-order valence-corrected chi connectivity index (χ3v) is 4.45. The molecule has 0 radical (unpaired) electrons. The first-order chi connectivity index (χ1) is 8.97.